The monoisotopic (exact) mass is 395 g/mol. The summed E-state index contributed by atoms with van der Waals surface area (Å²) in [6.07, 6.45) is 0.852. The van der Waals surface area contributed by atoms with Crippen LogP contribution in [0.5, 0.6) is 0 Å². The smallest absolute Gasteiger partial charge is 0.240 e. The number of hydrogen-bond acceptors (Lipinski definition) is 5. The van der Waals surface area contributed by atoms with E-state index in [9.17, 15) is 14.4 Å². The minimum Gasteiger partial charge on any atom is -0.326 e. The molecule has 0 spiro atoms. The molecule has 0 saturated carbocycles. The van der Waals surface area contributed by atoms with Gasteiger partial charge in [0.15, 0.2) is 11.0 Å². The van der Waals surface area contributed by atoms with Crippen molar-refractivity contribution in [3.8, 4) is 0 Å². The highest BCUT2D eigenvalue weighted by Gasteiger charge is 2.31. The van der Waals surface area contributed by atoms with Crippen LogP contribution in [0.1, 0.15) is 29.3 Å². The number of nitrogens with zero attached hydrogens (tertiary/aromatic N) is 1. The molecule has 2 amide bonds. The molecule has 1 unspecified atom stereocenters. The molecule has 1 aliphatic rings. The summed E-state index contributed by atoms with van der Waals surface area (Å²) in [4.78, 5) is 40.0. The number of rotatable bonds is 7. The molecule has 1 heterocycles. The summed E-state index contributed by atoms with van der Waals surface area (Å²) in [5.74, 6) is -0.490. The Morgan fingerprint density at radius 3 is 2.50 bits per heavy atom. The van der Waals surface area contributed by atoms with Gasteiger partial charge in [-0.3, -0.25) is 19.4 Å². The zero-order chi connectivity index (χ0) is 19.9. The molecule has 2 aromatic carbocycles. The van der Waals surface area contributed by atoms with E-state index in [4.69, 9.17) is 0 Å². The first-order chi connectivity index (χ1) is 13.5. The van der Waals surface area contributed by atoms with Crippen molar-refractivity contribution in [2.24, 2.45) is 4.99 Å². The van der Waals surface area contributed by atoms with Crippen molar-refractivity contribution in [2.75, 3.05) is 11.9 Å². The highest BCUT2D eigenvalue weighted by Crippen LogP contribution is 2.23. The predicted molar refractivity (Wildman–Crippen MR) is 112 cm³/mol. The second kappa shape index (κ2) is 9.32. The van der Waals surface area contributed by atoms with Crippen LogP contribution in [0.2, 0.25) is 0 Å². The Kier molecular flexibility index (Phi) is 6.60. The Hall–Kier alpha value is -2.93. The molecule has 0 aliphatic carbocycles. The van der Waals surface area contributed by atoms with E-state index in [1.807, 2.05) is 30.3 Å². The van der Waals surface area contributed by atoms with E-state index in [2.05, 4.69) is 15.6 Å². The number of hydrogen-bond donors (Lipinski definition) is 2. The van der Waals surface area contributed by atoms with Gasteiger partial charge in [-0.1, -0.05) is 42.1 Å². The van der Waals surface area contributed by atoms with Crippen molar-refractivity contribution in [1.29, 1.82) is 0 Å². The molecule has 6 nitrogen and oxygen atoms in total. The van der Waals surface area contributed by atoms with Crippen LogP contribution < -0.4 is 10.6 Å². The first kappa shape index (κ1) is 19.8. The Labute approximate surface area is 167 Å². The highest BCUT2D eigenvalue weighted by atomic mass is 32.2. The predicted octanol–water partition coefficient (Wildman–Crippen LogP) is 3.05. The molecular formula is C21H21N3O3S. The third-order valence-electron chi connectivity index (χ3n) is 4.22. The van der Waals surface area contributed by atoms with Gasteiger partial charge in [0.1, 0.15) is 5.25 Å². The Morgan fingerprint density at radius 2 is 1.82 bits per heavy atom. The van der Waals surface area contributed by atoms with E-state index in [-0.39, 0.29) is 24.0 Å². The summed E-state index contributed by atoms with van der Waals surface area (Å²) >= 11 is 1.28. The van der Waals surface area contributed by atoms with E-state index >= 15 is 0 Å². The van der Waals surface area contributed by atoms with Crippen LogP contribution in [0.3, 0.4) is 0 Å². The number of benzene rings is 2. The Balaban J connectivity index is 1.48. The van der Waals surface area contributed by atoms with Crippen LogP contribution in [0.4, 0.5) is 5.69 Å². The van der Waals surface area contributed by atoms with E-state index in [1.165, 1.54) is 24.2 Å². The molecule has 0 radical (unpaired) electrons. The average Bonchev–Trinajstić information content (AvgIpc) is 3.02. The number of amides is 2. The largest absolute Gasteiger partial charge is 0.326 e. The molecule has 1 fully saturated rings. The van der Waals surface area contributed by atoms with Gasteiger partial charge in [-0.05, 0) is 43.2 Å². The molecule has 1 saturated heterocycles. The molecule has 1 atom stereocenters. The molecule has 0 aromatic heterocycles. The van der Waals surface area contributed by atoms with Crippen molar-refractivity contribution >= 4 is 40.2 Å². The minimum absolute atomic E-state index is 0.0315. The summed E-state index contributed by atoms with van der Waals surface area (Å²) in [5, 5.41) is 5.55. The topological polar surface area (TPSA) is 87.6 Å². The van der Waals surface area contributed by atoms with Gasteiger partial charge in [-0.25, -0.2) is 0 Å². The molecule has 144 valence electrons. The van der Waals surface area contributed by atoms with Crippen LogP contribution in [-0.4, -0.2) is 34.6 Å². The van der Waals surface area contributed by atoms with Crippen molar-refractivity contribution in [1.82, 2.24) is 5.32 Å². The normalized spacial score (nSPS) is 17.4. The summed E-state index contributed by atoms with van der Waals surface area (Å²) < 4.78 is 0. The lowest BCUT2D eigenvalue weighted by Gasteiger charge is -2.07. The minimum atomic E-state index is -0.494. The lowest BCUT2D eigenvalue weighted by molar-refractivity contribution is -0.122. The number of anilines is 1. The second-order valence-corrected chi connectivity index (χ2v) is 7.60. The van der Waals surface area contributed by atoms with Crippen LogP contribution in [0.15, 0.2) is 59.6 Å². The third kappa shape index (κ3) is 5.53. The van der Waals surface area contributed by atoms with E-state index in [0.717, 1.165) is 6.42 Å². The summed E-state index contributed by atoms with van der Waals surface area (Å²) in [5.41, 5.74) is 2.36. The molecule has 0 bridgehead atoms. The quantitative estimate of drug-likeness (QED) is 0.706. The lowest BCUT2D eigenvalue weighted by Crippen LogP contribution is -2.28. The number of Topliss-reactive ketones (excluding diaryl/α,β-unsaturated/α-hetero) is 1. The van der Waals surface area contributed by atoms with Crippen LogP contribution >= 0.6 is 11.8 Å². The maximum atomic E-state index is 12.2. The molecule has 1 aliphatic heterocycles. The van der Waals surface area contributed by atoms with E-state index in [0.29, 0.717) is 23.0 Å². The number of carbonyl (C=O) groups excluding carboxylic acids is 3. The van der Waals surface area contributed by atoms with Crippen LogP contribution in [-0.2, 0) is 16.0 Å². The molecule has 2 N–H and O–H groups in total. The van der Waals surface area contributed by atoms with Gasteiger partial charge in [0.05, 0.1) is 0 Å². The maximum absolute atomic E-state index is 12.2. The molecule has 2 aromatic rings. The lowest BCUT2D eigenvalue weighted by atomic mass is 10.1. The number of nitrogens with one attached hydrogen (secondary N) is 2. The van der Waals surface area contributed by atoms with Gasteiger partial charge < -0.3 is 10.6 Å². The first-order valence-corrected chi connectivity index (χ1v) is 9.86. The van der Waals surface area contributed by atoms with Crippen molar-refractivity contribution < 1.29 is 14.4 Å². The van der Waals surface area contributed by atoms with Crippen molar-refractivity contribution in [2.45, 2.75) is 25.0 Å². The molecular weight excluding hydrogens is 374 g/mol. The second-order valence-electron chi connectivity index (χ2n) is 6.40. The van der Waals surface area contributed by atoms with Gasteiger partial charge >= 0.3 is 0 Å². The van der Waals surface area contributed by atoms with E-state index < -0.39 is 5.25 Å². The van der Waals surface area contributed by atoms with Gasteiger partial charge in [-0.2, -0.15) is 0 Å². The fourth-order valence-corrected chi connectivity index (χ4v) is 3.71. The highest BCUT2D eigenvalue weighted by molar-refractivity contribution is 8.15. The number of carbonyl (C=O) groups is 3. The zero-order valence-electron chi connectivity index (χ0n) is 15.5. The average molecular weight is 395 g/mol. The number of aliphatic imine (C=N–C) groups is 1. The molecule has 28 heavy (non-hydrogen) atoms. The molecule has 7 heteroatoms. The fourth-order valence-electron chi connectivity index (χ4n) is 2.71. The maximum Gasteiger partial charge on any atom is 0.240 e. The summed E-state index contributed by atoms with van der Waals surface area (Å²) in [6.45, 7) is 2.07. The van der Waals surface area contributed by atoms with Gasteiger partial charge in [0, 0.05) is 24.2 Å². The zero-order valence-corrected chi connectivity index (χ0v) is 16.3. The Morgan fingerprint density at radius 1 is 1.11 bits per heavy atom. The third-order valence-corrected chi connectivity index (χ3v) is 5.34. The van der Waals surface area contributed by atoms with E-state index in [1.54, 1.807) is 24.3 Å². The Bertz CT molecular complexity index is 895. The molecule has 3 rings (SSSR count). The van der Waals surface area contributed by atoms with Crippen molar-refractivity contribution in [3.05, 3.63) is 65.7 Å². The number of amidine groups is 1. The number of thioether (sulfide) groups is 1. The summed E-state index contributed by atoms with van der Waals surface area (Å²) in [6, 6.07) is 16.7. The van der Waals surface area contributed by atoms with Gasteiger partial charge in [-0.15, -0.1) is 0 Å². The van der Waals surface area contributed by atoms with Gasteiger partial charge in [0.25, 0.3) is 0 Å². The standard InChI is InChI=1S/C21H21N3O3S/c1-14(25)16-7-9-17(10-8-16)23-19(26)13-18-20(27)24-21(28-18)22-12-11-15-5-3-2-4-6-15/h2-10,18H,11-13H2,1H3,(H,23,26)(H,22,24,27). The number of ketones is 1. The van der Waals surface area contributed by atoms with Crippen LogP contribution in [0.25, 0.3) is 0 Å². The fraction of sp³-hybridized carbons (Fsp3) is 0.238. The van der Waals surface area contributed by atoms with Gasteiger partial charge in [0.2, 0.25) is 11.8 Å². The van der Waals surface area contributed by atoms with Crippen LogP contribution in [0, 0.1) is 0 Å². The summed E-state index contributed by atoms with van der Waals surface area (Å²) in [7, 11) is 0. The first-order valence-electron chi connectivity index (χ1n) is 8.98. The van der Waals surface area contributed by atoms with Crippen molar-refractivity contribution in [3.63, 3.8) is 0 Å². The SMILES string of the molecule is CC(=O)c1ccc(NC(=O)CC2SC(=NCCc3ccccc3)NC2=O)cc1.